The van der Waals surface area contributed by atoms with Crippen LogP contribution in [-0.4, -0.2) is 9.55 Å². The molecule has 0 N–H and O–H groups in total. The first-order chi connectivity index (χ1) is 5.15. The molecule has 0 fully saturated rings. The summed E-state index contributed by atoms with van der Waals surface area (Å²) in [4.78, 5) is 4.41. The second-order valence-electron chi connectivity index (χ2n) is 3.15. The van der Waals surface area contributed by atoms with Crippen molar-refractivity contribution >= 4 is 0 Å². The zero-order valence-electron chi connectivity index (χ0n) is 7.76. The highest BCUT2D eigenvalue weighted by Gasteiger charge is 2.04. The highest BCUT2D eigenvalue weighted by Crippen LogP contribution is 2.10. The summed E-state index contributed by atoms with van der Waals surface area (Å²) in [5.41, 5.74) is 1.12. The van der Waals surface area contributed by atoms with E-state index in [1.165, 1.54) is 5.82 Å². The Morgan fingerprint density at radius 3 is 2.55 bits per heavy atom. The van der Waals surface area contributed by atoms with Crippen molar-refractivity contribution in [2.24, 2.45) is 0 Å². The fourth-order valence-electron chi connectivity index (χ4n) is 1.27. The van der Waals surface area contributed by atoms with E-state index >= 15 is 0 Å². The molecule has 1 heterocycles. The van der Waals surface area contributed by atoms with Crippen LogP contribution in [0.1, 0.15) is 38.3 Å². The van der Waals surface area contributed by atoms with Crippen LogP contribution >= 0.6 is 0 Å². The van der Waals surface area contributed by atoms with Gasteiger partial charge in [0.25, 0.3) is 0 Å². The van der Waals surface area contributed by atoms with Gasteiger partial charge in [-0.15, -0.1) is 0 Å². The van der Waals surface area contributed by atoms with Crippen molar-refractivity contribution in [2.45, 2.75) is 40.2 Å². The summed E-state index contributed by atoms with van der Waals surface area (Å²) < 4.78 is 2.23. The molecular formula is C9H16N2. The smallest absolute Gasteiger partial charge is 0.108 e. The second-order valence-corrected chi connectivity index (χ2v) is 3.15. The first-order valence-corrected chi connectivity index (χ1v) is 4.19. The van der Waals surface area contributed by atoms with Crippen molar-refractivity contribution in [1.82, 2.24) is 9.55 Å². The van der Waals surface area contributed by atoms with E-state index in [1.807, 2.05) is 6.92 Å². The minimum absolute atomic E-state index is 0.533. The first kappa shape index (κ1) is 8.31. The molecule has 0 amide bonds. The van der Waals surface area contributed by atoms with Crippen LogP contribution in [0.25, 0.3) is 0 Å². The zero-order chi connectivity index (χ0) is 8.43. The molecular weight excluding hydrogens is 136 g/mol. The van der Waals surface area contributed by atoms with Crippen LogP contribution in [0.15, 0.2) is 6.20 Å². The maximum atomic E-state index is 4.41. The SMILES string of the molecule is CCc1nc(C)cn1C(C)C. The van der Waals surface area contributed by atoms with Gasteiger partial charge in [-0.05, 0) is 20.8 Å². The zero-order valence-corrected chi connectivity index (χ0v) is 7.76. The van der Waals surface area contributed by atoms with Gasteiger partial charge < -0.3 is 4.57 Å². The van der Waals surface area contributed by atoms with Crippen molar-refractivity contribution in [3.8, 4) is 0 Å². The quantitative estimate of drug-likeness (QED) is 0.636. The van der Waals surface area contributed by atoms with E-state index in [4.69, 9.17) is 0 Å². The van der Waals surface area contributed by atoms with Gasteiger partial charge in [0.15, 0.2) is 0 Å². The van der Waals surface area contributed by atoms with Crippen LogP contribution in [0.4, 0.5) is 0 Å². The van der Waals surface area contributed by atoms with E-state index < -0.39 is 0 Å². The molecule has 0 saturated carbocycles. The van der Waals surface area contributed by atoms with E-state index in [0.717, 1.165) is 12.1 Å². The lowest BCUT2D eigenvalue weighted by atomic mass is 10.3. The molecule has 0 spiro atoms. The predicted octanol–water partition coefficient (Wildman–Crippen LogP) is 2.33. The van der Waals surface area contributed by atoms with Gasteiger partial charge in [-0.2, -0.15) is 0 Å². The third kappa shape index (κ3) is 1.62. The van der Waals surface area contributed by atoms with Gasteiger partial charge in [0.2, 0.25) is 0 Å². The summed E-state index contributed by atoms with van der Waals surface area (Å²) >= 11 is 0. The molecule has 62 valence electrons. The summed E-state index contributed by atoms with van der Waals surface area (Å²) in [6.45, 7) is 8.54. The number of hydrogen-bond acceptors (Lipinski definition) is 1. The van der Waals surface area contributed by atoms with Crippen LogP contribution in [0.2, 0.25) is 0 Å². The summed E-state index contributed by atoms with van der Waals surface area (Å²) in [5, 5.41) is 0. The fraction of sp³-hybridized carbons (Fsp3) is 0.667. The number of imidazole rings is 1. The highest BCUT2D eigenvalue weighted by atomic mass is 15.1. The first-order valence-electron chi connectivity index (χ1n) is 4.19. The largest absolute Gasteiger partial charge is 0.332 e. The van der Waals surface area contributed by atoms with Crippen LogP contribution in [0, 0.1) is 6.92 Å². The maximum absolute atomic E-state index is 4.41. The molecule has 0 bridgehead atoms. The van der Waals surface area contributed by atoms with Crippen molar-refractivity contribution in [3.05, 3.63) is 17.7 Å². The van der Waals surface area contributed by atoms with E-state index in [2.05, 4.69) is 36.5 Å². The topological polar surface area (TPSA) is 17.8 Å². The van der Waals surface area contributed by atoms with E-state index in [1.54, 1.807) is 0 Å². The minimum atomic E-state index is 0.533. The molecule has 2 heteroatoms. The average Bonchev–Trinajstić information content (AvgIpc) is 2.30. The maximum Gasteiger partial charge on any atom is 0.108 e. The van der Waals surface area contributed by atoms with E-state index in [-0.39, 0.29) is 0 Å². The van der Waals surface area contributed by atoms with Crippen LogP contribution in [-0.2, 0) is 6.42 Å². The molecule has 0 aliphatic rings. The highest BCUT2D eigenvalue weighted by molar-refractivity contribution is 5.03. The van der Waals surface area contributed by atoms with Crippen LogP contribution < -0.4 is 0 Å². The third-order valence-electron chi connectivity index (χ3n) is 1.80. The molecule has 0 aliphatic carbocycles. The summed E-state index contributed by atoms with van der Waals surface area (Å²) in [7, 11) is 0. The van der Waals surface area contributed by atoms with Gasteiger partial charge >= 0.3 is 0 Å². The van der Waals surface area contributed by atoms with Gasteiger partial charge in [0.1, 0.15) is 5.82 Å². The Morgan fingerprint density at radius 2 is 2.18 bits per heavy atom. The molecule has 1 aromatic heterocycles. The number of nitrogens with zero attached hydrogens (tertiary/aromatic N) is 2. The molecule has 0 saturated heterocycles. The van der Waals surface area contributed by atoms with Crippen LogP contribution in [0.3, 0.4) is 0 Å². The van der Waals surface area contributed by atoms with Gasteiger partial charge in [-0.1, -0.05) is 6.92 Å². The molecule has 0 atom stereocenters. The van der Waals surface area contributed by atoms with Crippen molar-refractivity contribution < 1.29 is 0 Å². The monoisotopic (exact) mass is 152 g/mol. The Morgan fingerprint density at radius 1 is 1.55 bits per heavy atom. The molecule has 0 aliphatic heterocycles. The van der Waals surface area contributed by atoms with Gasteiger partial charge in [0.05, 0.1) is 5.69 Å². The van der Waals surface area contributed by atoms with Crippen LogP contribution in [0.5, 0.6) is 0 Å². The Kier molecular flexibility index (Phi) is 2.32. The Bertz CT molecular complexity index is 236. The van der Waals surface area contributed by atoms with Crippen molar-refractivity contribution in [2.75, 3.05) is 0 Å². The second kappa shape index (κ2) is 3.07. The number of aryl methyl sites for hydroxylation is 2. The molecule has 0 aromatic carbocycles. The summed E-state index contributed by atoms with van der Waals surface area (Å²) in [5.74, 6) is 1.19. The summed E-state index contributed by atoms with van der Waals surface area (Å²) in [6.07, 6.45) is 3.13. The summed E-state index contributed by atoms with van der Waals surface area (Å²) in [6, 6.07) is 0.533. The lowest BCUT2D eigenvalue weighted by Crippen LogP contribution is -2.03. The Hall–Kier alpha value is -0.790. The normalized spacial score (nSPS) is 11.0. The number of aromatic nitrogens is 2. The van der Waals surface area contributed by atoms with E-state index in [9.17, 15) is 0 Å². The molecule has 0 unspecified atom stereocenters. The molecule has 1 aromatic rings. The standard InChI is InChI=1S/C9H16N2/c1-5-9-10-8(4)6-11(9)7(2)3/h6-7H,5H2,1-4H3. The molecule has 2 nitrogen and oxygen atoms in total. The van der Waals surface area contributed by atoms with Gasteiger partial charge in [-0.25, -0.2) is 4.98 Å². The predicted molar refractivity (Wildman–Crippen MR) is 46.7 cm³/mol. The lowest BCUT2D eigenvalue weighted by Gasteiger charge is -2.09. The Labute approximate surface area is 68.3 Å². The number of rotatable bonds is 2. The molecule has 0 radical (unpaired) electrons. The number of hydrogen-bond donors (Lipinski definition) is 0. The van der Waals surface area contributed by atoms with Crippen molar-refractivity contribution in [3.63, 3.8) is 0 Å². The fourth-order valence-corrected chi connectivity index (χ4v) is 1.27. The van der Waals surface area contributed by atoms with E-state index in [0.29, 0.717) is 6.04 Å². The van der Waals surface area contributed by atoms with Crippen molar-refractivity contribution in [1.29, 1.82) is 0 Å². The minimum Gasteiger partial charge on any atom is -0.332 e. The van der Waals surface area contributed by atoms with Gasteiger partial charge in [-0.3, -0.25) is 0 Å². The lowest BCUT2D eigenvalue weighted by molar-refractivity contribution is 0.571. The van der Waals surface area contributed by atoms with Gasteiger partial charge in [0, 0.05) is 18.7 Å². The third-order valence-corrected chi connectivity index (χ3v) is 1.80. The average molecular weight is 152 g/mol. The molecule has 11 heavy (non-hydrogen) atoms. The Balaban J connectivity index is 3.02. The molecule has 1 rings (SSSR count).